The summed E-state index contributed by atoms with van der Waals surface area (Å²) >= 11 is 0. The summed E-state index contributed by atoms with van der Waals surface area (Å²) in [5, 5.41) is 12.1. The van der Waals surface area contributed by atoms with Crippen LogP contribution in [0.4, 0.5) is 9.18 Å². The van der Waals surface area contributed by atoms with Crippen molar-refractivity contribution in [1.29, 1.82) is 0 Å². The molecule has 6 heteroatoms. The first-order chi connectivity index (χ1) is 12.6. The second kappa shape index (κ2) is 6.77. The number of carbonyl (C=O) groups excluding carboxylic acids is 1. The van der Waals surface area contributed by atoms with Gasteiger partial charge in [0.25, 0.3) is 0 Å². The Bertz CT molecular complexity index is 899. The number of aliphatic hydroxyl groups excluding tert-OH is 1. The highest BCUT2D eigenvalue weighted by Gasteiger charge is 2.36. The Labute approximate surface area is 150 Å². The highest BCUT2D eigenvalue weighted by molar-refractivity contribution is 5.71. The predicted molar refractivity (Wildman–Crippen MR) is 91.3 cm³/mol. The minimum atomic E-state index is -0.634. The number of hydrogen-bond donors (Lipinski definition) is 2. The lowest BCUT2D eigenvalue weighted by atomic mass is 9.83. The van der Waals surface area contributed by atoms with Crippen molar-refractivity contribution in [2.75, 3.05) is 0 Å². The molecule has 2 heterocycles. The van der Waals surface area contributed by atoms with Gasteiger partial charge in [-0.3, -0.25) is 4.98 Å². The molecule has 1 saturated carbocycles. The van der Waals surface area contributed by atoms with Crippen molar-refractivity contribution in [1.82, 2.24) is 10.3 Å². The molecule has 2 unspecified atom stereocenters. The highest BCUT2D eigenvalue weighted by atomic mass is 19.1. The van der Waals surface area contributed by atoms with Crippen LogP contribution in [0.25, 0.3) is 0 Å². The molecule has 132 valence electrons. The van der Waals surface area contributed by atoms with Crippen LogP contribution in [0.3, 0.4) is 0 Å². The number of amides is 1. The normalized spacial score (nSPS) is 26.9. The molecule has 1 aliphatic carbocycles. The lowest BCUT2D eigenvalue weighted by Gasteiger charge is -2.26. The number of benzene rings is 1. The molecule has 2 aromatic rings. The largest absolute Gasteiger partial charge is 0.439 e. The van der Waals surface area contributed by atoms with E-state index in [4.69, 9.17) is 4.74 Å². The third kappa shape index (κ3) is 3.39. The van der Waals surface area contributed by atoms with Crippen LogP contribution in [0.1, 0.15) is 41.7 Å². The van der Waals surface area contributed by atoms with Crippen LogP contribution in [0.2, 0.25) is 0 Å². The smallest absolute Gasteiger partial charge is 0.408 e. The van der Waals surface area contributed by atoms with Gasteiger partial charge >= 0.3 is 6.09 Å². The van der Waals surface area contributed by atoms with Crippen LogP contribution < -0.4 is 5.32 Å². The van der Waals surface area contributed by atoms with E-state index in [1.165, 1.54) is 12.1 Å². The van der Waals surface area contributed by atoms with E-state index in [9.17, 15) is 14.3 Å². The Hall–Kier alpha value is -2.91. The molecule has 2 fully saturated rings. The molecular weight excluding hydrogens is 335 g/mol. The van der Waals surface area contributed by atoms with Gasteiger partial charge in [0.15, 0.2) is 6.10 Å². The molecule has 2 N–H and O–H groups in total. The standard InChI is InChI=1S/C20H17FN2O3/c21-16-3-1-2-14(9-16)19-18(23-20(25)26-19)15-6-13(10-22-11-15)5-4-12-7-17(24)8-12/h1-3,6,9-12,17-19,24H,7-8H2,(H,23,25). The average Bonchev–Trinajstić information content (AvgIpc) is 3.00. The Balaban J connectivity index is 1.59. The van der Waals surface area contributed by atoms with Crippen molar-refractivity contribution in [3.05, 3.63) is 65.2 Å². The van der Waals surface area contributed by atoms with E-state index in [1.807, 2.05) is 6.07 Å². The summed E-state index contributed by atoms with van der Waals surface area (Å²) in [6.07, 6.45) is 3.28. The van der Waals surface area contributed by atoms with Gasteiger partial charge in [-0.25, -0.2) is 9.18 Å². The Morgan fingerprint density at radius 2 is 2.08 bits per heavy atom. The maximum atomic E-state index is 13.5. The second-order valence-corrected chi connectivity index (χ2v) is 6.60. The Kier molecular flexibility index (Phi) is 4.31. The summed E-state index contributed by atoms with van der Waals surface area (Å²) in [4.78, 5) is 16.0. The monoisotopic (exact) mass is 352 g/mol. The van der Waals surface area contributed by atoms with Crippen LogP contribution in [-0.4, -0.2) is 22.3 Å². The number of rotatable bonds is 2. The first-order valence-corrected chi connectivity index (χ1v) is 8.45. The number of carbonyl (C=O) groups is 1. The van der Waals surface area contributed by atoms with Gasteiger partial charge in [0.05, 0.1) is 6.10 Å². The Morgan fingerprint density at radius 1 is 1.23 bits per heavy atom. The zero-order valence-corrected chi connectivity index (χ0v) is 13.9. The number of nitrogens with one attached hydrogen (secondary N) is 1. The molecule has 2 atom stereocenters. The molecule has 5 nitrogen and oxygen atoms in total. The van der Waals surface area contributed by atoms with Crippen LogP contribution in [0.5, 0.6) is 0 Å². The maximum absolute atomic E-state index is 13.5. The van der Waals surface area contributed by atoms with Gasteiger partial charge in [0.1, 0.15) is 11.9 Å². The summed E-state index contributed by atoms with van der Waals surface area (Å²) in [5.74, 6) is 6.02. The lowest BCUT2D eigenvalue weighted by Crippen LogP contribution is -2.26. The SMILES string of the molecule is O=C1NC(c2cncc(C#CC3CC(O)C3)c2)C(c2cccc(F)c2)O1. The summed E-state index contributed by atoms with van der Waals surface area (Å²) in [5.41, 5.74) is 2.04. The fourth-order valence-corrected chi connectivity index (χ4v) is 3.21. The number of aliphatic hydroxyl groups is 1. The molecule has 1 aromatic heterocycles. The number of hydrogen-bond acceptors (Lipinski definition) is 4. The fourth-order valence-electron chi connectivity index (χ4n) is 3.21. The topological polar surface area (TPSA) is 71.5 Å². The molecule has 2 aliphatic rings. The molecule has 1 amide bonds. The van der Waals surface area contributed by atoms with Crippen molar-refractivity contribution >= 4 is 6.09 Å². The number of alkyl carbamates (subject to hydrolysis) is 1. The van der Waals surface area contributed by atoms with E-state index < -0.39 is 18.2 Å². The molecule has 0 radical (unpaired) electrons. The molecule has 26 heavy (non-hydrogen) atoms. The second-order valence-electron chi connectivity index (χ2n) is 6.60. The number of aromatic nitrogens is 1. The van der Waals surface area contributed by atoms with Crippen LogP contribution in [-0.2, 0) is 4.74 Å². The molecule has 0 spiro atoms. The van der Waals surface area contributed by atoms with Crippen molar-refractivity contribution in [3.63, 3.8) is 0 Å². The zero-order valence-electron chi connectivity index (χ0n) is 13.9. The van der Waals surface area contributed by atoms with Gasteiger partial charge in [-0.15, -0.1) is 0 Å². The maximum Gasteiger partial charge on any atom is 0.408 e. The first-order valence-electron chi connectivity index (χ1n) is 8.45. The van der Waals surface area contributed by atoms with Gasteiger partial charge in [-0.05, 0) is 42.2 Å². The molecule has 1 aromatic carbocycles. The van der Waals surface area contributed by atoms with Gasteiger partial charge in [0.2, 0.25) is 0 Å². The third-order valence-corrected chi connectivity index (χ3v) is 4.64. The van der Waals surface area contributed by atoms with Crippen molar-refractivity contribution in [2.24, 2.45) is 5.92 Å². The molecule has 0 bridgehead atoms. The molecule has 1 saturated heterocycles. The van der Waals surface area contributed by atoms with E-state index >= 15 is 0 Å². The van der Waals surface area contributed by atoms with Gasteiger partial charge in [-0.2, -0.15) is 0 Å². The molecule has 4 rings (SSSR count). The number of halogens is 1. The van der Waals surface area contributed by atoms with E-state index in [0.717, 1.165) is 11.1 Å². The summed E-state index contributed by atoms with van der Waals surface area (Å²) in [6.45, 7) is 0. The van der Waals surface area contributed by atoms with E-state index in [2.05, 4.69) is 22.1 Å². The summed E-state index contributed by atoms with van der Waals surface area (Å²) in [6, 6.07) is 7.39. The van der Waals surface area contributed by atoms with Gasteiger partial charge in [0, 0.05) is 23.9 Å². The summed E-state index contributed by atoms with van der Waals surface area (Å²) in [7, 11) is 0. The average molecular weight is 352 g/mol. The quantitative estimate of drug-likeness (QED) is 0.816. The predicted octanol–water partition coefficient (Wildman–Crippen LogP) is 2.87. The Morgan fingerprint density at radius 3 is 2.85 bits per heavy atom. The molecular formula is C20H17FN2O3. The number of pyridine rings is 1. The van der Waals surface area contributed by atoms with Crippen molar-refractivity contribution < 1.29 is 19.0 Å². The number of cyclic esters (lactones) is 1. The number of ether oxygens (including phenoxy) is 1. The minimum absolute atomic E-state index is 0.211. The van der Waals surface area contributed by atoms with E-state index in [1.54, 1.807) is 24.5 Å². The van der Waals surface area contributed by atoms with Crippen molar-refractivity contribution in [2.45, 2.75) is 31.1 Å². The third-order valence-electron chi connectivity index (χ3n) is 4.64. The zero-order chi connectivity index (χ0) is 18.1. The van der Waals surface area contributed by atoms with Gasteiger partial charge in [-0.1, -0.05) is 24.0 Å². The van der Waals surface area contributed by atoms with Crippen molar-refractivity contribution in [3.8, 4) is 11.8 Å². The lowest BCUT2D eigenvalue weighted by molar-refractivity contribution is 0.0665. The van der Waals surface area contributed by atoms with E-state index in [-0.39, 0.29) is 17.8 Å². The molecule has 1 aliphatic heterocycles. The summed E-state index contributed by atoms with van der Waals surface area (Å²) < 4.78 is 18.9. The van der Waals surface area contributed by atoms with Crippen LogP contribution >= 0.6 is 0 Å². The van der Waals surface area contributed by atoms with Gasteiger partial charge < -0.3 is 15.2 Å². The van der Waals surface area contributed by atoms with Crippen LogP contribution in [0, 0.1) is 23.6 Å². The highest BCUT2D eigenvalue weighted by Crippen LogP contribution is 2.36. The number of nitrogens with zero attached hydrogens (tertiary/aromatic N) is 1. The first kappa shape index (κ1) is 16.6. The van der Waals surface area contributed by atoms with Crippen LogP contribution in [0.15, 0.2) is 42.7 Å². The van der Waals surface area contributed by atoms with E-state index in [0.29, 0.717) is 18.4 Å². The fraction of sp³-hybridized carbons (Fsp3) is 0.300. The minimum Gasteiger partial charge on any atom is -0.439 e.